The highest BCUT2D eigenvalue weighted by atomic mass is 16.2. The number of rotatable bonds is 4. The van der Waals surface area contributed by atoms with Crippen LogP contribution in [-0.4, -0.2) is 22.6 Å². The third kappa shape index (κ3) is 2.39. The first kappa shape index (κ1) is 12.7. The van der Waals surface area contributed by atoms with Crippen molar-refractivity contribution >= 4 is 17.4 Å². The Hall–Kier alpha value is -2.30. The highest BCUT2D eigenvalue weighted by molar-refractivity contribution is 5.97. The number of carbonyl (C=O) groups excluding carboxylic acids is 1. The average Bonchev–Trinajstić information content (AvgIpc) is 3.06. The van der Waals surface area contributed by atoms with Crippen molar-refractivity contribution in [3.05, 3.63) is 41.6 Å². The summed E-state index contributed by atoms with van der Waals surface area (Å²) in [6.45, 7) is 2.75. The van der Waals surface area contributed by atoms with Crippen molar-refractivity contribution in [3.8, 4) is 0 Å². The molecule has 0 radical (unpaired) electrons. The van der Waals surface area contributed by atoms with Crippen LogP contribution in [0.15, 0.2) is 30.3 Å². The Kier molecular flexibility index (Phi) is 3.41. The van der Waals surface area contributed by atoms with Gasteiger partial charge in [-0.05, 0) is 18.1 Å². The van der Waals surface area contributed by atoms with Crippen molar-refractivity contribution in [2.24, 2.45) is 0 Å². The smallest absolute Gasteiger partial charge is 0.234 e. The third-order valence-corrected chi connectivity index (χ3v) is 3.55. The van der Waals surface area contributed by atoms with Crippen molar-refractivity contribution < 1.29 is 4.79 Å². The Morgan fingerprint density at radius 2 is 2.30 bits per heavy atom. The lowest BCUT2D eigenvalue weighted by Gasteiger charge is -2.09. The highest BCUT2D eigenvalue weighted by Crippen LogP contribution is 2.31. The molecule has 1 aliphatic rings. The molecule has 5 nitrogen and oxygen atoms in total. The molecule has 1 amide bonds. The minimum Gasteiger partial charge on any atom is -0.384 e. The summed E-state index contributed by atoms with van der Waals surface area (Å²) in [5, 5.41) is 13.2. The fourth-order valence-electron chi connectivity index (χ4n) is 2.55. The van der Waals surface area contributed by atoms with E-state index in [1.807, 2.05) is 30.3 Å². The average molecular weight is 270 g/mol. The fourth-order valence-corrected chi connectivity index (χ4v) is 2.55. The number of hydrogen-bond donors (Lipinski definition) is 3. The van der Waals surface area contributed by atoms with Gasteiger partial charge in [-0.3, -0.25) is 9.89 Å². The van der Waals surface area contributed by atoms with Gasteiger partial charge >= 0.3 is 0 Å². The van der Waals surface area contributed by atoms with Gasteiger partial charge in [-0.25, -0.2) is 0 Å². The number of anilines is 2. The van der Waals surface area contributed by atoms with Gasteiger partial charge in [0.25, 0.3) is 0 Å². The number of aromatic amines is 1. The van der Waals surface area contributed by atoms with Gasteiger partial charge in [-0.15, -0.1) is 0 Å². The van der Waals surface area contributed by atoms with Crippen LogP contribution < -0.4 is 10.6 Å². The van der Waals surface area contributed by atoms with E-state index in [2.05, 4.69) is 27.8 Å². The minimum absolute atomic E-state index is 0.0167. The van der Waals surface area contributed by atoms with E-state index in [-0.39, 0.29) is 11.8 Å². The van der Waals surface area contributed by atoms with E-state index in [1.54, 1.807) is 0 Å². The van der Waals surface area contributed by atoms with Crippen molar-refractivity contribution in [2.45, 2.75) is 25.7 Å². The second kappa shape index (κ2) is 5.36. The number of aryl methyl sites for hydroxylation is 1. The molecule has 20 heavy (non-hydrogen) atoms. The molecule has 104 valence electrons. The van der Waals surface area contributed by atoms with Crippen LogP contribution in [0, 0.1) is 0 Å². The first-order valence-corrected chi connectivity index (χ1v) is 6.96. The van der Waals surface area contributed by atoms with Crippen molar-refractivity contribution in [1.29, 1.82) is 0 Å². The van der Waals surface area contributed by atoms with E-state index >= 15 is 0 Å². The molecule has 0 saturated heterocycles. The van der Waals surface area contributed by atoms with Crippen LogP contribution in [0.5, 0.6) is 0 Å². The number of carbonyl (C=O) groups is 1. The van der Waals surface area contributed by atoms with E-state index in [4.69, 9.17) is 0 Å². The van der Waals surface area contributed by atoms with Gasteiger partial charge in [-0.1, -0.05) is 31.5 Å². The van der Waals surface area contributed by atoms with E-state index in [9.17, 15) is 4.79 Å². The molecule has 5 heteroatoms. The van der Waals surface area contributed by atoms with Gasteiger partial charge in [0.1, 0.15) is 0 Å². The fraction of sp³-hybridized carbons (Fsp3) is 0.333. The molecular formula is C15H18N4O. The number of para-hydroxylation sites is 1. The molecule has 1 aromatic heterocycles. The van der Waals surface area contributed by atoms with Gasteiger partial charge in [0.15, 0.2) is 5.82 Å². The maximum absolute atomic E-state index is 12.3. The van der Waals surface area contributed by atoms with Crippen molar-refractivity contribution in [3.63, 3.8) is 0 Å². The number of fused-ring (bicyclic) bond motifs is 1. The summed E-state index contributed by atoms with van der Waals surface area (Å²) in [5.41, 5.74) is 3.14. The first-order chi connectivity index (χ1) is 9.78. The molecule has 0 spiro atoms. The SMILES string of the molecule is CCCc1cc(NC(=O)C2CNc3ccccc32)n[nH]1. The highest BCUT2D eigenvalue weighted by Gasteiger charge is 2.28. The number of H-pyrrole nitrogens is 1. The Bertz CT molecular complexity index is 620. The number of benzene rings is 1. The van der Waals surface area contributed by atoms with Gasteiger partial charge in [-0.2, -0.15) is 5.10 Å². The topological polar surface area (TPSA) is 69.8 Å². The Labute approximate surface area is 117 Å². The van der Waals surface area contributed by atoms with Gasteiger partial charge in [0.05, 0.1) is 5.92 Å². The molecule has 1 atom stereocenters. The number of aromatic nitrogens is 2. The third-order valence-electron chi connectivity index (χ3n) is 3.55. The van der Waals surface area contributed by atoms with Gasteiger partial charge in [0, 0.05) is 24.0 Å². The lowest BCUT2D eigenvalue weighted by atomic mass is 10.0. The summed E-state index contributed by atoms with van der Waals surface area (Å²) in [6, 6.07) is 9.82. The van der Waals surface area contributed by atoms with E-state index in [0.717, 1.165) is 29.8 Å². The standard InChI is InChI=1S/C15H18N4O/c1-2-5-10-8-14(19-18-10)17-15(20)12-9-16-13-7-4-3-6-11(12)13/h3-4,6-8,12,16H,2,5,9H2,1H3,(H2,17,18,19,20). The largest absolute Gasteiger partial charge is 0.384 e. The molecule has 1 unspecified atom stereocenters. The molecule has 3 N–H and O–H groups in total. The Balaban J connectivity index is 1.71. The zero-order valence-electron chi connectivity index (χ0n) is 11.4. The second-order valence-corrected chi connectivity index (χ2v) is 5.04. The summed E-state index contributed by atoms with van der Waals surface area (Å²) in [7, 11) is 0. The van der Waals surface area contributed by atoms with Crippen molar-refractivity contribution in [2.75, 3.05) is 17.2 Å². The van der Waals surface area contributed by atoms with Crippen LogP contribution in [0.2, 0.25) is 0 Å². The summed E-state index contributed by atoms with van der Waals surface area (Å²) >= 11 is 0. The van der Waals surface area contributed by atoms with Crippen LogP contribution in [0.4, 0.5) is 11.5 Å². The Morgan fingerprint density at radius 1 is 1.45 bits per heavy atom. The molecule has 0 fully saturated rings. The monoisotopic (exact) mass is 270 g/mol. The Morgan fingerprint density at radius 3 is 3.15 bits per heavy atom. The van der Waals surface area contributed by atoms with Crippen LogP contribution in [0.3, 0.4) is 0 Å². The lowest BCUT2D eigenvalue weighted by Crippen LogP contribution is -2.22. The van der Waals surface area contributed by atoms with Crippen LogP contribution in [-0.2, 0) is 11.2 Å². The molecule has 2 aromatic rings. The number of nitrogens with zero attached hydrogens (tertiary/aromatic N) is 1. The van der Waals surface area contributed by atoms with E-state index in [1.165, 1.54) is 0 Å². The maximum atomic E-state index is 12.3. The summed E-state index contributed by atoms with van der Waals surface area (Å²) in [6.07, 6.45) is 1.99. The summed E-state index contributed by atoms with van der Waals surface area (Å²) in [5.74, 6) is 0.428. The lowest BCUT2D eigenvalue weighted by molar-refractivity contribution is -0.117. The van der Waals surface area contributed by atoms with Crippen LogP contribution in [0.1, 0.15) is 30.5 Å². The van der Waals surface area contributed by atoms with E-state index < -0.39 is 0 Å². The first-order valence-electron chi connectivity index (χ1n) is 6.96. The number of amides is 1. The van der Waals surface area contributed by atoms with Gasteiger partial charge < -0.3 is 10.6 Å². The second-order valence-electron chi connectivity index (χ2n) is 5.04. The van der Waals surface area contributed by atoms with E-state index in [0.29, 0.717) is 12.4 Å². The van der Waals surface area contributed by atoms with Gasteiger partial charge in [0.2, 0.25) is 5.91 Å². The molecule has 1 aliphatic heterocycles. The van der Waals surface area contributed by atoms with Crippen LogP contribution >= 0.6 is 0 Å². The summed E-state index contributed by atoms with van der Waals surface area (Å²) < 4.78 is 0. The maximum Gasteiger partial charge on any atom is 0.234 e. The zero-order valence-corrected chi connectivity index (χ0v) is 11.4. The molecule has 0 bridgehead atoms. The van der Waals surface area contributed by atoms with Crippen LogP contribution in [0.25, 0.3) is 0 Å². The molecule has 3 rings (SSSR count). The quantitative estimate of drug-likeness (QED) is 0.799. The predicted molar refractivity (Wildman–Crippen MR) is 78.9 cm³/mol. The normalized spacial score (nSPS) is 16.6. The molecular weight excluding hydrogens is 252 g/mol. The molecule has 0 saturated carbocycles. The summed E-state index contributed by atoms with van der Waals surface area (Å²) in [4.78, 5) is 12.3. The molecule has 1 aromatic carbocycles. The zero-order chi connectivity index (χ0) is 13.9. The molecule has 0 aliphatic carbocycles. The predicted octanol–water partition coefficient (Wildman–Crippen LogP) is 2.51. The molecule has 2 heterocycles. The number of hydrogen-bond acceptors (Lipinski definition) is 3. The number of nitrogens with one attached hydrogen (secondary N) is 3. The van der Waals surface area contributed by atoms with Crippen molar-refractivity contribution in [1.82, 2.24) is 10.2 Å². The minimum atomic E-state index is -0.155.